The van der Waals surface area contributed by atoms with Gasteiger partial charge in [0.2, 0.25) is 5.75 Å². The van der Waals surface area contributed by atoms with Crippen LogP contribution in [0.2, 0.25) is 0 Å². The predicted molar refractivity (Wildman–Crippen MR) is 105 cm³/mol. The second-order valence-electron chi connectivity index (χ2n) is 6.50. The molecule has 0 unspecified atom stereocenters. The average molecular weight is 370 g/mol. The number of ether oxygens (including phenoxy) is 4. The fourth-order valence-corrected chi connectivity index (χ4v) is 3.49. The Morgan fingerprint density at radius 2 is 1.67 bits per heavy atom. The molecule has 2 aromatic rings. The van der Waals surface area contributed by atoms with E-state index in [4.69, 9.17) is 18.9 Å². The number of carbonyl (C=O) groups excluding carboxylic acids is 1. The van der Waals surface area contributed by atoms with Crippen molar-refractivity contribution in [3.8, 4) is 34.1 Å². The van der Waals surface area contributed by atoms with Crippen molar-refractivity contribution < 1.29 is 23.7 Å². The maximum absolute atomic E-state index is 12.8. The van der Waals surface area contributed by atoms with E-state index < -0.39 is 0 Å². The number of ketones is 1. The number of fused-ring (bicyclic) bond motifs is 3. The number of hydrogen-bond acceptors (Lipinski definition) is 5. The summed E-state index contributed by atoms with van der Waals surface area (Å²) >= 11 is 0. The van der Waals surface area contributed by atoms with E-state index in [1.807, 2.05) is 24.3 Å². The second kappa shape index (κ2) is 8.33. The van der Waals surface area contributed by atoms with Gasteiger partial charge in [-0.05, 0) is 48.2 Å². The molecule has 0 bridgehead atoms. The van der Waals surface area contributed by atoms with Crippen LogP contribution in [0.5, 0.6) is 23.0 Å². The number of Topliss-reactive ketones (excluding diaryl/α,β-unsaturated/α-hetero) is 1. The summed E-state index contributed by atoms with van der Waals surface area (Å²) < 4.78 is 22.4. The first-order valence-electron chi connectivity index (χ1n) is 9.26. The molecule has 0 radical (unpaired) electrons. The van der Waals surface area contributed by atoms with E-state index in [9.17, 15) is 4.79 Å². The van der Waals surface area contributed by atoms with Gasteiger partial charge < -0.3 is 18.9 Å². The molecule has 5 heteroatoms. The first kappa shape index (κ1) is 19.1. The van der Waals surface area contributed by atoms with Gasteiger partial charge in [-0.25, -0.2) is 0 Å². The van der Waals surface area contributed by atoms with Crippen LogP contribution in [-0.4, -0.2) is 33.7 Å². The van der Waals surface area contributed by atoms with Gasteiger partial charge in [-0.15, -0.1) is 0 Å². The van der Waals surface area contributed by atoms with E-state index in [1.54, 1.807) is 21.3 Å². The maximum atomic E-state index is 12.8. The molecule has 0 aliphatic heterocycles. The van der Waals surface area contributed by atoms with E-state index in [0.717, 1.165) is 35.3 Å². The monoisotopic (exact) mass is 370 g/mol. The van der Waals surface area contributed by atoms with Gasteiger partial charge in [0.15, 0.2) is 17.3 Å². The zero-order valence-electron chi connectivity index (χ0n) is 16.4. The van der Waals surface area contributed by atoms with Gasteiger partial charge in [-0.2, -0.15) is 0 Å². The first-order valence-corrected chi connectivity index (χ1v) is 9.26. The van der Waals surface area contributed by atoms with Gasteiger partial charge in [-0.1, -0.05) is 13.3 Å². The van der Waals surface area contributed by atoms with Crippen LogP contribution in [-0.2, 0) is 6.42 Å². The molecule has 0 saturated heterocycles. The zero-order chi connectivity index (χ0) is 19.4. The normalized spacial score (nSPS) is 12.7. The molecule has 0 atom stereocenters. The van der Waals surface area contributed by atoms with Crippen LogP contribution < -0.4 is 18.9 Å². The highest BCUT2D eigenvalue weighted by molar-refractivity contribution is 6.05. The standard InChI is InChI=1S/C22H26O5/c1-5-6-11-27-14-7-8-15-17-13-20(24-2)22(26-4)21(25-3)16(17)9-10-19(23)18(15)12-14/h7-8,12-13H,5-6,9-11H2,1-4H3. The van der Waals surface area contributed by atoms with Gasteiger partial charge in [0.05, 0.1) is 27.9 Å². The highest BCUT2D eigenvalue weighted by atomic mass is 16.5. The zero-order valence-corrected chi connectivity index (χ0v) is 16.4. The Morgan fingerprint density at radius 3 is 2.33 bits per heavy atom. The number of carbonyl (C=O) groups is 1. The molecule has 0 saturated carbocycles. The third-order valence-corrected chi connectivity index (χ3v) is 4.88. The van der Waals surface area contributed by atoms with Crippen LogP contribution in [0.3, 0.4) is 0 Å². The molecule has 0 heterocycles. The third-order valence-electron chi connectivity index (χ3n) is 4.88. The summed E-state index contributed by atoms with van der Waals surface area (Å²) in [5, 5.41) is 0. The van der Waals surface area contributed by atoms with Crippen LogP contribution in [0.1, 0.15) is 42.1 Å². The molecule has 0 aromatic heterocycles. The quantitative estimate of drug-likeness (QED) is 0.662. The smallest absolute Gasteiger partial charge is 0.203 e. The van der Waals surface area contributed by atoms with Gasteiger partial charge in [0.1, 0.15) is 5.75 Å². The van der Waals surface area contributed by atoms with E-state index in [1.165, 1.54) is 0 Å². The second-order valence-corrected chi connectivity index (χ2v) is 6.50. The summed E-state index contributed by atoms with van der Waals surface area (Å²) in [7, 11) is 4.79. The number of hydrogen-bond donors (Lipinski definition) is 0. The van der Waals surface area contributed by atoms with Crippen molar-refractivity contribution in [1.29, 1.82) is 0 Å². The van der Waals surface area contributed by atoms with Crippen molar-refractivity contribution in [2.75, 3.05) is 27.9 Å². The highest BCUT2D eigenvalue weighted by Crippen LogP contribution is 2.48. The Labute approximate surface area is 160 Å². The lowest BCUT2D eigenvalue weighted by Crippen LogP contribution is -2.02. The molecule has 27 heavy (non-hydrogen) atoms. The van der Waals surface area contributed by atoms with E-state index in [2.05, 4.69) is 6.92 Å². The lowest BCUT2D eigenvalue weighted by molar-refractivity contribution is 0.0984. The van der Waals surface area contributed by atoms with Gasteiger partial charge >= 0.3 is 0 Å². The van der Waals surface area contributed by atoms with Crippen molar-refractivity contribution in [2.45, 2.75) is 32.6 Å². The van der Waals surface area contributed by atoms with Gasteiger partial charge in [0.25, 0.3) is 0 Å². The third kappa shape index (κ3) is 3.59. The molecule has 0 spiro atoms. The summed E-state index contributed by atoms with van der Waals surface area (Å²) in [4.78, 5) is 12.8. The summed E-state index contributed by atoms with van der Waals surface area (Å²) in [6.45, 7) is 2.77. The SMILES string of the molecule is CCCCOc1ccc2c(c1)C(=O)CCc1c-2cc(OC)c(OC)c1OC. The molecule has 1 aliphatic rings. The number of methoxy groups -OCH3 is 3. The van der Waals surface area contributed by atoms with Crippen LogP contribution in [0.15, 0.2) is 24.3 Å². The molecule has 0 amide bonds. The summed E-state index contributed by atoms with van der Waals surface area (Å²) in [5.41, 5.74) is 3.44. The first-order chi connectivity index (χ1) is 13.1. The van der Waals surface area contributed by atoms with E-state index in [-0.39, 0.29) is 5.78 Å². The minimum atomic E-state index is 0.0992. The minimum Gasteiger partial charge on any atom is -0.494 e. The Hall–Kier alpha value is -2.69. The van der Waals surface area contributed by atoms with Crippen molar-refractivity contribution in [3.05, 3.63) is 35.4 Å². The Balaban J connectivity index is 2.14. The molecule has 0 N–H and O–H groups in total. The van der Waals surface area contributed by atoms with Crippen molar-refractivity contribution in [3.63, 3.8) is 0 Å². The molecule has 5 nitrogen and oxygen atoms in total. The van der Waals surface area contributed by atoms with Crippen LogP contribution in [0.25, 0.3) is 11.1 Å². The molecule has 144 valence electrons. The molecule has 0 fully saturated rings. The fraction of sp³-hybridized carbons (Fsp3) is 0.409. The lowest BCUT2D eigenvalue weighted by Gasteiger charge is -2.19. The lowest BCUT2D eigenvalue weighted by atomic mass is 9.95. The minimum absolute atomic E-state index is 0.0992. The molecular formula is C22H26O5. The van der Waals surface area contributed by atoms with E-state index in [0.29, 0.717) is 42.3 Å². The predicted octanol–water partition coefficient (Wildman–Crippen LogP) is 4.69. The largest absolute Gasteiger partial charge is 0.494 e. The van der Waals surface area contributed by atoms with Gasteiger partial charge in [0, 0.05) is 17.5 Å². The van der Waals surface area contributed by atoms with Crippen LogP contribution in [0, 0.1) is 0 Å². The molecule has 3 rings (SSSR count). The maximum Gasteiger partial charge on any atom is 0.203 e. The topological polar surface area (TPSA) is 54.0 Å². The average Bonchev–Trinajstić information content (AvgIpc) is 2.83. The van der Waals surface area contributed by atoms with Crippen molar-refractivity contribution in [1.82, 2.24) is 0 Å². The Kier molecular flexibility index (Phi) is 5.89. The highest BCUT2D eigenvalue weighted by Gasteiger charge is 2.27. The fourth-order valence-electron chi connectivity index (χ4n) is 3.49. The molecule has 2 aromatic carbocycles. The van der Waals surface area contributed by atoms with Crippen molar-refractivity contribution in [2.24, 2.45) is 0 Å². The summed E-state index contributed by atoms with van der Waals surface area (Å²) in [6, 6.07) is 7.64. The molecule has 1 aliphatic carbocycles. The van der Waals surface area contributed by atoms with Crippen LogP contribution in [0.4, 0.5) is 0 Å². The molecular weight excluding hydrogens is 344 g/mol. The number of rotatable bonds is 7. The number of unbranched alkanes of at least 4 members (excludes halogenated alkanes) is 1. The number of benzene rings is 2. The summed E-state index contributed by atoms with van der Waals surface area (Å²) in [6.07, 6.45) is 3.05. The van der Waals surface area contributed by atoms with Crippen LogP contribution >= 0.6 is 0 Å². The van der Waals surface area contributed by atoms with E-state index >= 15 is 0 Å². The summed E-state index contributed by atoms with van der Waals surface area (Å²) in [5.74, 6) is 2.58. The Bertz CT molecular complexity index is 841. The van der Waals surface area contributed by atoms with Gasteiger partial charge in [-0.3, -0.25) is 4.79 Å². The Morgan fingerprint density at radius 1 is 0.889 bits per heavy atom. The van der Waals surface area contributed by atoms with Crippen molar-refractivity contribution >= 4 is 5.78 Å².